The van der Waals surface area contributed by atoms with E-state index in [0.717, 1.165) is 24.4 Å². The van der Waals surface area contributed by atoms with Crippen LogP contribution in [0.25, 0.3) is 0 Å². The third-order valence-corrected chi connectivity index (χ3v) is 5.26. The minimum absolute atomic E-state index is 0.831. The number of thiophene rings is 1. The van der Waals surface area contributed by atoms with Gasteiger partial charge in [-0.3, -0.25) is 0 Å². The van der Waals surface area contributed by atoms with E-state index in [9.17, 15) is 0 Å². The van der Waals surface area contributed by atoms with Gasteiger partial charge >= 0.3 is 0 Å². The molecule has 0 aromatic carbocycles. The van der Waals surface area contributed by atoms with Crippen LogP contribution in [0.3, 0.4) is 0 Å². The van der Waals surface area contributed by atoms with E-state index in [0.29, 0.717) is 0 Å². The highest BCUT2D eigenvalue weighted by Gasteiger charge is 2.35. The zero-order chi connectivity index (χ0) is 11.5. The number of hydrogen-bond acceptors (Lipinski definition) is 3. The molecule has 1 aromatic rings. The van der Waals surface area contributed by atoms with Crippen molar-refractivity contribution in [1.29, 1.82) is 0 Å². The summed E-state index contributed by atoms with van der Waals surface area (Å²) < 4.78 is 0. The second-order valence-corrected chi connectivity index (χ2v) is 6.45. The van der Waals surface area contributed by atoms with E-state index in [1.54, 1.807) is 0 Å². The Kier molecular flexibility index (Phi) is 3.79. The van der Waals surface area contributed by atoms with E-state index in [1.165, 1.54) is 43.6 Å². The molecule has 1 aliphatic heterocycles. The average molecular weight is 250 g/mol. The molecule has 1 saturated heterocycles. The average Bonchev–Trinajstić information content (AvgIpc) is 2.99. The summed E-state index contributed by atoms with van der Waals surface area (Å²) in [4.78, 5) is 1.46. The normalized spacial score (nSPS) is 32.6. The van der Waals surface area contributed by atoms with E-state index < -0.39 is 0 Å². The summed E-state index contributed by atoms with van der Waals surface area (Å²) in [6.45, 7) is 3.51. The number of fused-ring (bicyclic) bond motifs is 1. The van der Waals surface area contributed by atoms with Crippen LogP contribution in [0.5, 0.6) is 0 Å². The Morgan fingerprint density at radius 1 is 1.35 bits per heavy atom. The lowest BCUT2D eigenvalue weighted by molar-refractivity contribution is 0.213. The van der Waals surface area contributed by atoms with Gasteiger partial charge in [-0.2, -0.15) is 0 Å². The van der Waals surface area contributed by atoms with Crippen LogP contribution in [-0.4, -0.2) is 19.1 Å². The molecule has 2 aliphatic rings. The van der Waals surface area contributed by atoms with Gasteiger partial charge in [-0.25, -0.2) is 0 Å². The van der Waals surface area contributed by atoms with Gasteiger partial charge in [0.05, 0.1) is 0 Å². The van der Waals surface area contributed by atoms with Crippen molar-refractivity contribution in [3.05, 3.63) is 22.4 Å². The first-order valence-electron chi connectivity index (χ1n) is 6.90. The fourth-order valence-electron chi connectivity index (χ4n) is 3.53. The van der Waals surface area contributed by atoms with E-state index in [2.05, 4.69) is 28.1 Å². The SMILES string of the molecule is c1csc(CNCC2CCCC3NCCC23)c1. The fraction of sp³-hybridized carbons (Fsp3) is 0.714. The third-order valence-electron chi connectivity index (χ3n) is 4.38. The van der Waals surface area contributed by atoms with E-state index in [-0.39, 0.29) is 0 Å². The van der Waals surface area contributed by atoms with Crippen molar-refractivity contribution in [1.82, 2.24) is 10.6 Å². The highest BCUT2D eigenvalue weighted by Crippen LogP contribution is 2.35. The van der Waals surface area contributed by atoms with E-state index in [4.69, 9.17) is 0 Å². The number of rotatable bonds is 4. The lowest BCUT2D eigenvalue weighted by Crippen LogP contribution is -2.39. The standard InChI is InChI=1S/C14H22N2S/c1-3-11(13-6-7-16-14(13)5-1)9-15-10-12-4-2-8-17-12/h2,4,8,11,13-16H,1,3,5-7,9-10H2. The second-order valence-electron chi connectivity index (χ2n) is 5.41. The van der Waals surface area contributed by atoms with Crippen LogP contribution in [0.1, 0.15) is 30.6 Å². The lowest BCUT2D eigenvalue weighted by Gasteiger charge is -2.33. The van der Waals surface area contributed by atoms with Crippen LogP contribution in [0.15, 0.2) is 17.5 Å². The molecule has 0 bridgehead atoms. The van der Waals surface area contributed by atoms with Gasteiger partial charge in [0.25, 0.3) is 0 Å². The molecule has 1 aliphatic carbocycles. The topological polar surface area (TPSA) is 24.1 Å². The van der Waals surface area contributed by atoms with Gasteiger partial charge in [-0.1, -0.05) is 12.5 Å². The molecule has 0 spiro atoms. The number of nitrogens with one attached hydrogen (secondary N) is 2. The van der Waals surface area contributed by atoms with Gasteiger partial charge in [-0.15, -0.1) is 11.3 Å². The molecule has 1 aromatic heterocycles. The molecule has 94 valence electrons. The monoisotopic (exact) mass is 250 g/mol. The molecule has 0 radical (unpaired) electrons. The first-order chi connectivity index (χ1) is 8.43. The van der Waals surface area contributed by atoms with Gasteiger partial charge in [0.1, 0.15) is 0 Å². The Bertz CT molecular complexity index is 336. The van der Waals surface area contributed by atoms with E-state index >= 15 is 0 Å². The molecule has 0 amide bonds. The summed E-state index contributed by atoms with van der Waals surface area (Å²) in [6, 6.07) is 5.19. The van der Waals surface area contributed by atoms with Crippen LogP contribution in [0.4, 0.5) is 0 Å². The Morgan fingerprint density at radius 2 is 2.35 bits per heavy atom. The maximum atomic E-state index is 3.67. The molecule has 2 N–H and O–H groups in total. The molecule has 3 heteroatoms. The molecule has 1 saturated carbocycles. The Hall–Kier alpha value is -0.380. The van der Waals surface area contributed by atoms with Gasteiger partial charge in [0, 0.05) is 17.5 Å². The van der Waals surface area contributed by atoms with Crippen molar-refractivity contribution in [2.45, 2.75) is 38.3 Å². The van der Waals surface area contributed by atoms with E-state index in [1.807, 2.05) is 11.3 Å². The van der Waals surface area contributed by atoms with Crippen molar-refractivity contribution in [3.63, 3.8) is 0 Å². The van der Waals surface area contributed by atoms with Crippen LogP contribution in [0, 0.1) is 11.8 Å². The van der Waals surface area contributed by atoms with Crippen LogP contribution in [-0.2, 0) is 6.54 Å². The quantitative estimate of drug-likeness (QED) is 0.858. The minimum atomic E-state index is 0.831. The largest absolute Gasteiger partial charge is 0.314 e. The zero-order valence-corrected chi connectivity index (χ0v) is 11.1. The smallest absolute Gasteiger partial charge is 0.0299 e. The molecule has 2 heterocycles. The summed E-state index contributed by atoms with van der Waals surface area (Å²) in [5, 5.41) is 9.48. The highest BCUT2D eigenvalue weighted by atomic mass is 32.1. The molecule has 2 fully saturated rings. The highest BCUT2D eigenvalue weighted by molar-refractivity contribution is 7.09. The van der Waals surface area contributed by atoms with Crippen molar-refractivity contribution in [2.75, 3.05) is 13.1 Å². The van der Waals surface area contributed by atoms with Crippen molar-refractivity contribution in [3.8, 4) is 0 Å². The predicted molar refractivity (Wildman–Crippen MR) is 73.3 cm³/mol. The summed E-state index contributed by atoms with van der Waals surface area (Å²) in [5.41, 5.74) is 0. The zero-order valence-electron chi connectivity index (χ0n) is 10.3. The molecule has 3 atom stereocenters. The van der Waals surface area contributed by atoms with Gasteiger partial charge in [0.15, 0.2) is 0 Å². The molecule has 3 rings (SSSR count). The summed E-state index contributed by atoms with van der Waals surface area (Å²) in [7, 11) is 0. The Labute approximate surface area is 108 Å². The third kappa shape index (κ3) is 2.72. The first kappa shape index (κ1) is 11.7. The molecular weight excluding hydrogens is 228 g/mol. The Balaban J connectivity index is 1.47. The minimum Gasteiger partial charge on any atom is -0.314 e. The van der Waals surface area contributed by atoms with Crippen molar-refractivity contribution >= 4 is 11.3 Å². The molecule has 17 heavy (non-hydrogen) atoms. The summed E-state index contributed by atoms with van der Waals surface area (Å²) in [6.07, 6.45) is 5.65. The predicted octanol–water partition coefficient (Wildman–Crippen LogP) is 2.62. The first-order valence-corrected chi connectivity index (χ1v) is 7.78. The summed E-state index contributed by atoms with van der Waals surface area (Å²) >= 11 is 1.85. The summed E-state index contributed by atoms with van der Waals surface area (Å²) in [5.74, 6) is 1.85. The van der Waals surface area contributed by atoms with Crippen molar-refractivity contribution in [2.24, 2.45) is 11.8 Å². The second kappa shape index (κ2) is 5.51. The van der Waals surface area contributed by atoms with Gasteiger partial charge in [-0.05, 0) is 55.6 Å². The number of hydrogen-bond donors (Lipinski definition) is 2. The van der Waals surface area contributed by atoms with Gasteiger partial charge < -0.3 is 10.6 Å². The van der Waals surface area contributed by atoms with Crippen LogP contribution in [0.2, 0.25) is 0 Å². The van der Waals surface area contributed by atoms with Crippen molar-refractivity contribution < 1.29 is 0 Å². The maximum absolute atomic E-state index is 3.67. The maximum Gasteiger partial charge on any atom is 0.0299 e. The van der Waals surface area contributed by atoms with Crippen LogP contribution < -0.4 is 10.6 Å². The molecule has 2 nitrogen and oxygen atoms in total. The fourth-order valence-corrected chi connectivity index (χ4v) is 4.20. The lowest BCUT2D eigenvalue weighted by atomic mass is 9.76. The van der Waals surface area contributed by atoms with Gasteiger partial charge in [0.2, 0.25) is 0 Å². The van der Waals surface area contributed by atoms with Crippen LogP contribution >= 0.6 is 11.3 Å². The molecular formula is C14H22N2S. The molecule has 3 unspecified atom stereocenters. The Morgan fingerprint density at radius 3 is 3.24 bits per heavy atom.